The van der Waals surface area contributed by atoms with Gasteiger partial charge >= 0.3 is 0 Å². The van der Waals surface area contributed by atoms with E-state index >= 15 is 0 Å². The molecule has 0 aliphatic heterocycles. The van der Waals surface area contributed by atoms with Gasteiger partial charge in [0.05, 0.1) is 7.11 Å². The Morgan fingerprint density at radius 1 is 1.50 bits per heavy atom. The molecule has 0 amide bonds. The molecule has 1 aromatic rings. The Bertz CT molecular complexity index is 248. The van der Waals surface area contributed by atoms with E-state index in [-0.39, 0.29) is 0 Å². The molecular weight excluding hydrogens is 152 g/mol. The van der Waals surface area contributed by atoms with Crippen LogP contribution < -0.4 is 4.74 Å². The van der Waals surface area contributed by atoms with Gasteiger partial charge in [-0.1, -0.05) is 6.07 Å². The van der Waals surface area contributed by atoms with Gasteiger partial charge in [-0.05, 0) is 20.2 Å². The summed E-state index contributed by atoms with van der Waals surface area (Å²) >= 11 is 0. The van der Waals surface area contributed by atoms with Gasteiger partial charge in [-0.2, -0.15) is 0 Å². The Kier molecular flexibility index (Phi) is 3.05. The lowest BCUT2D eigenvalue weighted by molar-refractivity contribution is 0.362. The lowest BCUT2D eigenvalue weighted by atomic mass is 10.2. The molecule has 0 bridgehead atoms. The molecule has 0 fully saturated rings. The number of aromatic nitrogens is 1. The molecule has 1 rings (SSSR count). The van der Waals surface area contributed by atoms with Gasteiger partial charge in [-0.25, -0.2) is 4.98 Å². The van der Waals surface area contributed by atoms with Crippen molar-refractivity contribution >= 4 is 0 Å². The Labute approximate surface area is 73.0 Å². The maximum absolute atomic E-state index is 5.11. The van der Waals surface area contributed by atoms with Crippen LogP contribution in [0.1, 0.15) is 5.56 Å². The van der Waals surface area contributed by atoms with Crippen LogP contribution in [0, 0.1) is 0 Å². The number of hydrogen-bond acceptors (Lipinski definition) is 3. The zero-order valence-corrected chi connectivity index (χ0v) is 7.74. The van der Waals surface area contributed by atoms with Crippen LogP contribution in [0.15, 0.2) is 18.3 Å². The third-order valence-electron chi connectivity index (χ3n) is 1.53. The van der Waals surface area contributed by atoms with Crippen molar-refractivity contribution in [2.24, 2.45) is 0 Å². The third-order valence-corrected chi connectivity index (χ3v) is 1.53. The Morgan fingerprint density at radius 2 is 2.25 bits per heavy atom. The van der Waals surface area contributed by atoms with Crippen molar-refractivity contribution in [3.05, 3.63) is 23.9 Å². The zero-order chi connectivity index (χ0) is 8.97. The van der Waals surface area contributed by atoms with Crippen LogP contribution in [-0.2, 0) is 6.54 Å². The summed E-state index contributed by atoms with van der Waals surface area (Å²) in [5.74, 6) is 0.714. The van der Waals surface area contributed by atoms with Gasteiger partial charge < -0.3 is 9.64 Å². The van der Waals surface area contributed by atoms with Crippen molar-refractivity contribution in [3.8, 4) is 5.88 Å². The number of methoxy groups -OCH3 is 1. The summed E-state index contributed by atoms with van der Waals surface area (Å²) in [6, 6.07) is 3.94. The van der Waals surface area contributed by atoms with Gasteiger partial charge in [-0.3, -0.25) is 0 Å². The molecule has 0 spiro atoms. The van der Waals surface area contributed by atoms with E-state index in [2.05, 4.69) is 9.88 Å². The van der Waals surface area contributed by atoms with Crippen LogP contribution in [0.25, 0.3) is 0 Å². The molecule has 0 radical (unpaired) electrons. The summed E-state index contributed by atoms with van der Waals surface area (Å²) in [6.45, 7) is 0.858. The highest BCUT2D eigenvalue weighted by Crippen LogP contribution is 2.14. The molecule has 12 heavy (non-hydrogen) atoms. The van der Waals surface area contributed by atoms with Gasteiger partial charge in [0.15, 0.2) is 0 Å². The van der Waals surface area contributed by atoms with Gasteiger partial charge in [0.1, 0.15) is 0 Å². The van der Waals surface area contributed by atoms with Crippen molar-refractivity contribution in [3.63, 3.8) is 0 Å². The highest BCUT2D eigenvalue weighted by Gasteiger charge is 2.02. The largest absolute Gasteiger partial charge is 0.481 e. The maximum Gasteiger partial charge on any atom is 0.217 e. The van der Waals surface area contributed by atoms with E-state index < -0.39 is 0 Å². The van der Waals surface area contributed by atoms with E-state index in [1.54, 1.807) is 13.3 Å². The second kappa shape index (κ2) is 4.07. The molecule has 3 heteroatoms. The Morgan fingerprint density at radius 3 is 2.83 bits per heavy atom. The van der Waals surface area contributed by atoms with Crippen LogP contribution in [-0.4, -0.2) is 31.1 Å². The van der Waals surface area contributed by atoms with Crippen molar-refractivity contribution in [2.75, 3.05) is 21.2 Å². The van der Waals surface area contributed by atoms with Crippen molar-refractivity contribution in [2.45, 2.75) is 6.54 Å². The summed E-state index contributed by atoms with van der Waals surface area (Å²) in [5.41, 5.74) is 1.12. The van der Waals surface area contributed by atoms with Crippen LogP contribution in [0.4, 0.5) is 0 Å². The number of hydrogen-bond donors (Lipinski definition) is 0. The van der Waals surface area contributed by atoms with Gasteiger partial charge in [-0.15, -0.1) is 0 Å². The second-order valence-corrected chi connectivity index (χ2v) is 2.91. The molecular formula is C9H14N2O. The van der Waals surface area contributed by atoms with Crippen molar-refractivity contribution in [1.82, 2.24) is 9.88 Å². The maximum atomic E-state index is 5.11. The molecule has 0 aromatic carbocycles. The minimum Gasteiger partial charge on any atom is -0.481 e. The molecule has 0 saturated carbocycles. The molecule has 0 aliphatic rings. The smallest absolute Gasteiger partial charge is 0.217 e. The molecule has 3 nitrogen and oxygen atoms in total. The quantitative estimate of drug-likeness (QED) is 0.673. The highest BCUT2D eigenvalue weighted by molar-refractivity contribution is 5.24. The minimum absolute atomic E-state index is 0.714. The van der Waals surface area contributed by atoms with Crippen LogP contribution in [0.3, 0.4) is 0 Å². The molecule has 1 aromatic heterocycles. The lowest BCUT2D eigenvalue weighted by Crippen LogP contribution is -2.11. The number of rotatable bonds is 3. The van der Waals surface area contributed by atoms with Gasteiger partial charge in [0, 0.05) is 18.3 Å². The molecule has 66 valence electrons. The van der Waals surface area contributed by atoms with E-state index in [1.165, 1.54) is 0 Å². The van der Waals surface area contributed by atoms with E-state index in [1.807, 2.05) is 26.2 Å². The molecule has 1 heterocycles. The molecule has 0 saturated heterocycles. The van der Waals surface area contributed by atoms with Crippen LogP contribution >= 0.6 is 0 Å². The molecule has 0 atom stereocenters. The summed E-state index contributed by atoms with van der Waals surface area (Å²) in [7, 11) is 5.68. The topological polar surface area (TPSA) is 25.4 Å². The fourth-order valence-corrected chi connectivity index (χ4v) is 1.07. The summed E-state index contributed by atoms with van der Waals surface area (Å²) in [6.07, 6.45) is 1.73. The van der Waals surface area contributed by atoms with E-state index in [0.717, 1.165) is 12.1 Å². The number of ether oxygens (including phenoxy) is 1. The first kappa shape index (κ1) is 9.00. The summed E-state index contributed by atoms with van der Waals surface area (Å²) in [4.78, 5) is 6.18. The summed E-state index contributed by atoms with van der Waals surface area (Å²) < 4.78 is 5.11. The first-order valence-electron chi connectivity index (χ1n) is 3.86. The minimum atomic E-state index is 0.714. The average molecular weight is 166 g/mol. The van der Waals surface area contributed by atoms with E-state index in [4.69, 9.17) is 4.74 Å². The average Bonchev–Trinajstić information content (AvgIpc) is 2.04. The third kappa shape index (κ3) is 2.20. The predicted octanol–water partition coefficient (Wildman–Crippen LogP) is 1.15. The molecule has 0 aliphatic carbocycles. The predicted molar refractivity (Wildman–Crippen MR) is 48.2 cm³/mol. The van der Waals surface area contributed by atoms with Crippen molar-refractivity contribution < 1.29 is 4.74 Å². The van der Waals surface area contributed by atoms with E-state index in [9.17, 15) is 0 Å². The fraction of sp³-hybridized carbons (Fsp3) is 0.444. The summed E-state index contributed by atoms with van der Waals surface area (Å²) in [5, 5.41) is 0. The Hall–Kier alpha value is -1.09. The lowest BCUT2D eigenvalue weighted by Gasteiger charge is -2.11. The van der Waals surface area contributed by atoms with Crippen LogP contribution in [0.5, 0.6) is 5.88 Å². The first-order valence-corrected chi connectivity index (χ1v) is 3.86. The second-order valence-electron chi connectivity index (χ2n) is 2.91. The molecule has 0 N–H and O–H groups in total. The SMILES string of the molecule is COc1ncccc1CN(C)C. The zero-order valence-electron chi connectivity index (χ0n) is 7.74. The van der Waals surface area contributed by atoms with E-state index in [0.29, 0.717) is 5.88 Å². The number of nitrogens with zero attached hydrogens (tertiary/aromatic N) is 2. The van der Waals surface area contributed by atoms with Gasteiger partial charge in [0.2, 0.25) is 5.88 Å². The fourth-order valence-electron chi connectivity index (χ4n) is 1.07. The Balaban J connectivity index is 2.82. The van der Waals surface area contributed by atoms with Crippen LogP contribution in [0.2, 0.25) is 0 Å². The highest BCUT2D eigenvalue weighted by atomic mass is 16.5. The molecule has 0 unspecified atom stereocenters. The monoisotopic (exact) mass is 166 g/mol. The normalized spacial score (nSPS) is 10.3. The number of pyridine rings is 1. The van der Waals surface area contributed by atoms with Gasteiger partial charge in [0.25, 0.3) is 0 Å². The first-order chi connectivity index (χ1) is 5.74. The standard InChI is InChI=1S/C9H14N2O/c1-11(2)7-8-5-4-6-10-9(8)12-3/h4-6H,7H2,1-3H3. The van der Waals surface area contributed by atoms with Crippen molar-refractivity contribution in [1.29, 1.82) is 0 Å².